The lowest BCUT2D eigenvalue weighted by atomic mass is 9.92. The zero-order valence-corrected chi connectivity index (χ0v) is 15.2. The Bertz CT molecular complexity index is 592. The number of nitrogens with zero attached hydrogens (tertiary/aromatic N) is 2. The SMILES string of the molecule is Cc1ccc(C(=O)N2CC3(C[C@H](OCC4CCCC4)CS3)C2)cn1. The second-order valence-electron chi connectivity index (χ2n) is 7.65. The summed E-state index contributed by atoms with van der Waals surface area (Å²) >= 11 is 2.01. The van der Waals surface area contributed by atoms with Gasteiger partial charge in [0, 0.05) is 37.3 Å². The number of aromatic nitrogens is 1. The normalized spacial score (nSPS) is 26.0. The maximum Gasteiger partial charge on any atom is 0.255 e. The second-order valence-corrected chi connectivity index (χ2v) is 9.14. The molecule has 0 bridgehead atoms. The fourth-order valence-electron chi connectivity index (χ4n) is 4.15. The molecule has 1 saturated carbocycles. The summed E-state index contributed by atoms with van der Waals surface area (Å²) in [6, 6.07) is 3.78. The fraction of sp³-hybridized carbons (Fsp3) is 0.684. The van der Waals surface area contributed by atoms with Crippen LogP contribution in [-0.4, -0.2) is 52.1 Å². The average molecular weight is 346 g/mol. The molecule has 4 nitrogen and oxygen atoms in total. The van der Waals surface area contributed by atoms with Gasteiger partial charge in [0.2, 0.25) is 0 Å². The van der Waals surface area contributed by atoms with E-state index in [-0.39, 0.29) is 10.7 Å². The van der Waals surface area contributed by atoms with Crippen LogP contribution in [0.15, 0.2) is 18.3 Å². The van der Waals surface area contributed by atoms with Gasteiger partial charge in [-0.15, -0.1) is 11.8 Å². The molecule has 3 fully saturated rings. The van der Waals surface area contributed by atoms with Gasteiger partial charge in [0.1, 0.15) is 0 Å². The number of aryl methyl sites for hydroxylation is 1. The molecule has 1 aromatic rings. The second kappa shape index (κ2) is 6.68. The van der Waals surface area contributed by atoms with Crippen LogP contribution < -0.4 is 0 Å². The van der Waals surface area contributed by atoms with E-state index in [2.05, 4.69) is 4.98 Å². The molecule has 24 heavy (non-hydrogen) atoms. The first-order valence-electron chi connectivity index (χ1n) is 9.11. The zero-order chi connectivity index (χ0) is 16.6. The number of hydrogen-bond acceptors (Lipinski definition) is 4. The minimum absolute atomic E-state index is 0.115. The van der Waals surface area contributed by atoms with Gasteiger partial charge in [0.15, 0.2) is 0 Å². The van der Waals surface area contributed by atoms with Gasteiger partial charge in [-0.1, -0.05) is 12.8 Å². The number of pyridine rings is 1. The Labute approximate surface area is 148 Å². The van der Waals surface area contributed by atoms with Crippen LogP contribution in [0.25, 0.3) is 0 Å². The number of hydrogen-bond donors (Lipinski definition) is 0. The monoisotopic (exact) mass is 346 g/mol. The highest BCUT2D eigenvalue weighted by atomic mass is 32.2. The third-order valence-corrected chi connectivity index (χ3v) is 7.20. The molecule has 1 amide bonds. The molecule has 5 heteroatoms. The third kappa shape index (κ3) is 3.33. The van der Waals surface area contributed by atoms with E-state index in [1.165, 1.54) is 25.7 Å². The molecule has 3 heterocycles. The molecule has 0 N–H and O–H groups in total. The number of rotatable bonds is 4. The lowest BCUT2D eigenvalue weighted by Gasteiger charge is -2.47. The van der Waals surface area contributed by atoms with Crippen LogP contribution in [-0.2, 0) is 4.74 Å². The Morgan fingerprint density at radius 3 is 2.88 bits per heavy atom. The number of carbonyl (C=O) groups is 1. The Hall–Kier alpha value is -1.07. The van der Waals surface area contributed by atoms with Crippen LogP contribution in [0.2, 0.25) is 0 Å². The van der Waals surface area contributed by atoms with E-state index in [0.717, 1.165) is 43.5 Å². The van der Waals surface area contributed by atoms with Crippen molar-refractivity contribution in [1.29, 1.82) is 0 Å². The predicted molar refractivity (Wildman–Crippen MR) is 96.4 cm³/mol. The van der Waals surface area contributed by atoms with Crippen molar-refractivity contribution in [3.63, 3.8) is 0 Å². The van der Waals surface area contributed by atoms with Crippen LogP contribution in [0.5, 0.6) is 0 Å². The molecule has 130 valence electrons. The van der Waals surface area contributed by atoms with Crippen molar-refractivity contribution < 1.29 is 9.53 Å². The molecule has 1 spiro atoms. The smallest absolute Gasteiger partial charge is 0.255 e. The summed E-state index contributed by atoms with van der Waals surface area (Å²) in [4.78, 5) is 18.7. The lowest BCUT2D eigenvalue weighted by molar-refractivity contribution is 0.0197. The first-order valence-corrected chi connectivity index (χ1v) is 10.1. The number of carbonyl (C=O) groups excluding carboxylic acids is 1. The van der Waals surface area contributed by atoms with Gasteiger partial charge in [0.25, 0.3) is 5.91 Å². The average Bonchev–Trinajstić information content (AvgIpc) is 3.21. The number of ether oxygens (including phenoxy) is 1. The molecular weight excluding hydrogens is 320 g/mol. The largest absolute Gasteiger partial charge is 0.377 e. The van der Waals surface area contributed by atoms with Crippen molar-refractivity contribution in [2.45, 2.75) is 49.9 Å². The molecule has 2 aliphatic heterocycles. The van der Waals surface area contributed by atoms with Crippen molar-refractivity contribution in [2.24, 2.45) is 5.92 Å². The molecular formula is C19H26N2O2S. The van der Waals surface area contributed by atoms with Crippen molar-refractivity contribution >= 4 is 17.7 Å². The van der Waals surface area contributed by atoms with Crippen molar-refractivity contribution in [2.75, 3.05) is 25.4 Å². The molecule has 0 radical (unpaired) electrons. The van der Waals surface area contributed by atoms with E-state index in [0.29, 0.717) is 11.7 Å². The van der Waals surface area contributed by atoms with E-state index in [9.17, 15) is 4.79 Å². The highest BCUT2D eigenvalue weighted by molar-refractivity contribution is 8.01. The maximum atomic E-state index is 12.5. The van der Waals surface area contributed by atoms with Gasteiger partial charge in [0.05, 0.1) is 16.4 Å². The van der Waals surface area contributed by atoms with Crippen LogP contribution in [0.3, 0.4) is 0 Å². The highest BCUT2D eigenvalue weighted by Gasteiger charge is 2.51. The predicted octanol–water partition coefficient (Wildman–Crippen LogP) is 3.30. The number of thioether (sulfide) groups is 1. The van der Waals surface area contributed by atoms with Crippen LogP contribution in [0.1, 0.15) is 48.2 Å². The molecule has 0 aromatic carbocycles. The zero-order valence-electron chi connectivity index (χ0n) is 14.4. The summed E-state index contributed by atoms with van der Waals surface area (Å²) < 4.78 is 6.42. The van der Waals surface area contributed by atoms with Gasteiger partial charge in [-0.2, -0.15) is 0 Å². The quantitative estimate of drug-likeness (QED) is 0.839. The van der Waals surface area contributed by atoms with Gasteiger partial charge in [-0.3, -0.25) is 9.78 Å². The first kappa shape index (κ1) is 16.4. The van der Waals surface area contributed by atoms with Crippen molar-refractivity contribution in [1.82, 2.24) is 9.88 Å². The van der Waals surface area contributed by atoms with E-state index in [1.807, 2.05) is 35.7 Å². The molecule has 1 aliphatic carbocycles. The van der Waals surface area contributed by atoms with E-state index in [4.69, 9.17) is 4.74 Å². The van der Waals surface area contributed by atoms with Crippen LogP contribution in [0, 0.1) is 12.8 Å². The minimum Gasteiger partial charge on any atom is -0.377 e. The van der Waals surface area contributed by atoms with Gasteiger partial charge in [-0.25, -0.2) is 0 Å². The summed E-state index contributed by atoms with van der Waals surface area (Å²) in [5.41, 5.74) is 1.65. The Morgan fingerprint density at radius 2 is 2.17 bits per heavy atom. The van der Waals surface area contributed by atoms with Gasteiger partial charge >= 0.3 is 0 Å². The molecule has 4 rings (SSSR count). The first-order chi connectivity index (χ1) is 11.6. The fourth-order valence-corrected chi connectivity index (χ4v) is 5.70. The molecule has 3 aliphatic rings. The summed E-state index contributed by atoms with van der Waals surface area (Å²) in [6.45, 7) is 4.59. The molecule has 1 atom stereocenters. The summed E-state index contributed by atoms with van der Waals surface area (Å²) in [7, 11) is 0. The van der Waals surface area contributed by atoms with Crippen LogP contribution in [0.4, 0.5) is 0 Å². The Balaban J connectivity index is 1.26. The van der Waals surface area contributed by atoms with E-state index in [1.54, 1.807) is 6.20 Å². The standard InChI is InChI=1S/C19H26N2O2S/c1-14-6-7-16(9-20-14)18(22)21-12-19(13-21)8-17(11-24-19)23-10-15-4-2-3-5-15/h6-7,9,15,17H,2-5,8,10-13H2,1H3/t17-/m0/s1. The molecule has 2 saturated heterocycles. The maximum absolute atomic E-state index is 12.5. The van der Waals surface area contributed by atoms with Gasteiger partial charge < -0.3 is 9.64 Å². The summed E-state index contributed by atoms with van der Waals surface area (Å²) in [5, 5.41) is 0. The van der Waals surface area contributed by atoms with Crippen LogP contribution >= 0.6 is 11.8 Å². The number of amides is 1. The van der Waals surface area contributed by atoms with Gasteiger partial charge in [-0.05, 0) is 44.2 Å². The highest BCUT2D eigenvalue weighted by Crippen LogP contribution is 2.46. The summed E-state index contributed by atoms with van der Waals surface area (Å²) in [6.07, 6.45) is 8.62. The third-order valence-electron chi connectivity index (χ3n) is 5.62. The van der Waals surface area contributed by atoms with E-state index < -0.39 is 0 Å². The van der Waals surface area contributed by atoms with E-state index >= 15 is 0 Å². The Kier molecular flexibility index (Phi) is 4.56. The summed E-state index contributed by atoms with van der Waals surface area (Å²) in [5.74, 6) is 1.99. The Morgan fingerprint density at radius 1 is 1.38 bits per heavy atom. The molecule has 0 unspecified atom stereocenters. The van der Waals surface area contributed by atoms with Crippen molar-refractivity contribution in [3.05, 3.63) is 29.6 Å². The number of likely N-dealkylation sites (tertiary alicyclic amines) is 1. The van der Waals surface area contributed by atoms with Crippen molar-refractivity contribution in [3.8, 4) is 0 Å². The minimum atomic E-state index is 0.115. The topological polar surface area (TPSA) is 42.4 Å². The molecule has 1 aromatic heterocycles. The lowest BCUT2D eigenvalue weighted by Crippen LogP contribution is -2.60.